The van der Waals surface area contributed by atoms with Gasteiger partial charge in [-0.25, -0.2) is 4.79 Å². The first-order valence-corrected chi connectivity index (χ1v) is 8.74. The molecule has 0 spiro atoms. The van der Waals surface area contributed by atoms with Gasteiger partial charge in [-0.15, -0.1) is 0 Å². The number of benzene rings is 1. The lowest BCUT2D eigenvalue weighted by atomic mass is 9.84. The van der Waals surface area contributed by atoms with Crippen molar-refractivity contribution >= 4 is 11.8 Å². The van der Waals surface area contributed by atoms with E-state index in [-0.39, 0.29) is 6.09 Å². The summed E-state index contributed by atoms with van der Waals surface area (Å²) in [4.78, 5) is 16.5. The van der Waals surface area contributed by atoms with Crippen LogP contribution in [-0.2, 0) is 4.74 Å². The van der Waals surface area contributed by atoms with E-state index in [4.69, 9.17) is 4.74 Å². The lowest BCUT2D eigenvalue weighted by Gasteiger charge is -2.49. The Morgan fingerprint density at radius 2 is 1.83 bits per heavy atom. The molecule has 0 aliphatic carbocycles. The van der Waals surface area contributed by atoms with Crippen LogP contribution in [0.25, 0.3) is 0 Å². The number of ether oxygens (including phenoxy) is 1. The lowest BCUT2D eigenvalue weighted by molar-refractivity contribution is -0.00630. The van der Waals surface area contributed by atoms with E-state index in [0.717, 1.165) is 19.6 Å². The van der Waals surface area contributed by atoms with Crippen molar-refractivity contribution < 1.29 is 9.53 Å². The van der Waals surface area contributed by atoms with Gasteiger partial charge in [0.1, 0.15) is 5.60 Å². The Hall–Kier alpha value is -1.71. The summed E-state index contributed by atoms with van der Waals surface area (Å²) < 4.78 is 5.46. The summed E-state index contributed by atoms with van der Waals surface area (Å²) >= 11 is 0. The molecule has 1 amide bonds. The van der Waals surface area contributed by atoms with E-state index in [9.17, 15) is 4.79 Å². The quantitative estimate of drug-likeness (QED) is 0.829. The van der Waals surface area contributed by atoms with E-state index >= 15 is 0 Å². The Morgan fingerprint density at radius 3 is 2.48 bits per heavy atom. The number of para-hydroxylation sites is 1. The van der Waals surface area contributed by atoms with E-state index in [0.29, 0.717) is 12.0 Å². The van der Waals surface area contributed by atoms with Crippen LogP contribution in [0.15, 0.2) is 30.3 Å². The van der Waals surface area contributed by atoms with Crippen molar-refractivity contribution in [1.82, 2.24) is 4.90 Å². The van der Waals surface area contributed by atoms with E-state index < -0.39 is 5.60 Å². The van der Waals surface area contributed by atoms with Crippen LogP contribution in [0, 0.1) is 5.92 Å². The topological polar surface area (TPSA) is 32.8 Å². The summed E-state index contributed by atoms with van der Waals surface area (Å²) in [7, 11) is 0. The Bertz CT molecular complexity index is 532. The maximum atomic E-state index is 12.1. The molecule has 1 atom stereocenters. The smallest absolute Gasteiger partial charge is 0.410 e. The third-order valence-electron chi connectivity index (χ3n) is 4.74. The number of hydrogen-bond acceptors (Lipinski definition) is 3. The van der Waals surface area contributed by atoms with Gasteiger partial charge in [0.05, 0.1) is 0 Å². The van der Waals surface area contributed by atoms with Crippen molar-refractivity contribution in [2.24, 2.45) is 5.92 Å². The van der Waals surface area contributed by atoms with Crippen molar-refractivity contribution in [2.45, 2.75) is 51.7 Å². The number of nitrogens with zero attached hydrogens (tertiary/aromatic N) is 2. The van der Waals surface area contributed by atoms with Gasteiger partial charge in [-0.1, -0.05) is 18.2 Å². The Balaban J connectivity index is 1.60. The first-order valence-electron chi connectivity index (χ1n) is 8.74. The van der Waals surface area contributed by atoms with Crippen LogP contribution < -0.4 is 4.90 Å². The third-order valence-corrected chi connectivity index (χ3v) is 4.74. The molecule has 2 saturated heterocycles. The molecular weight excluding hydrogens is 288 g/mol. The Labute approximate surface area is 139 Å². The highest BCUT2D eigenvalue weighted by molar-refractivity contribution is 5.69. The van der Waals surface area contributed by atoms with Gasteiger partial charge in [0.25, 0.3) is 0 Å². The molecule has 0 aromatic heterocycles. The molecule has 2 fully saturated rings. The fraction of sp³-hybridized carbons (Fsp3) is 0.632. The number of likely N-dealkylation sites (tertiary alicyclic amines) is 1. The maximum Gasteiger partial charge on any atom is 0.410 e. The molecule has 1 unspecified atom stereocenters. The first-order chi connectivity index (χ1) is 10.9. The number of anilines is 1. The zero-order valence-electron chi connectivity index (χ0n) is 14.5. The van der Waals surface area contributed by atoms with Gasteiger partial charge >= 0.3 is 6.09 Å². The van der Waals surface area contributed by atoms with Gasteiger partial charge in [0.15, 0.2) is 0 Å². The second kappa shape index (κ2) is 6.42. The monoisotopic (exact) mass is 316 g/mol. The second-order valence-electron chi connectivity index (χ2n) is 7.74. The van der Waals surface area contributed by atoms with Crippen LogP contribution in [0.4, 0.5) is 10.5 Å². The minimum absolute atomic E-state index is 0.171. The fourth-order valence-corrected chi connectivity index (χ4v) is 3.62. The van der Waals surface area contributed by atoms with E-state index in [1.54, 1.807) is 0 Å². The number of carbonyl (C=O) groups excluding carboxylic acids is 1. The molecule has 0 bridgehead atoms. The molecule has 3 rings (SSSR count). The zero-order chi connectivity index (χ0) is 16.4. The second-order valence-corrected chi connectivity index (χ2v) is 7.74. The summed E-state index contributed by atoms with van der Waals surface area (Å²) in [6, 6.07) is 11.2. The number of carbonyl (C=O) groups is 1. The molecular formula is C19H28N2O2. The SMILES string of the molecule is CC(C)(C)OC(=O)N1CC(C2CCCCN2c2ccccc2)C1. The van der Waals surface area contributed by atoms with Crippen LogP contribution in [-0.4, -0.2) is 42.3 Å². The fourth-order valence-electron chi connectivity index (χ4n) is 3.62. The van der Waals surface area contributed by atoms with Crippen molar-refractivity contribution in [2.75, 3.05) is 24.5 Å². The first kappa shape index (κ1) is 16.2. The summed E-state index contributed by atoms with van der Waals surface area (Å²) in [6.45, 7) is 8.52. The van der Waals surface area contributed by atoms with Gasteiger partial charge in [0, 0.05) is 37.3 Å². The Morgan fingerprint density at radius 1 is 1.13 bits per heavy atom. The number of amides is 1. The van der Waals surface area contributed by atoms with Crippen LogP contribution in [0.3, 0.4) is 0 Å². The highest BCUT2D eigenvalue weighted by Gasteiger charge is 2.41. The van der Waals surface area contributed by atoms with E-state index in [1.165, 1.54) is 24.9 Å². The predicted octanol–water partition coefficient (Wildman–Crippen LogP) is 3.91. The molecule has 0 saturated carbocycles. The van der Waals surface area contributed by atoms with Crippen LogP contribution >= 0.6 is 0 Å². The average Bonchev–Trinajstić information content (AvgIpc) is 2.45. The van der Waals surface area contributed by atoms with Crippen molar-refractivity contribution in [3.8, 4) is 0 Å². The standard InChI is InChI=1S/C19H28N2O2/c1-19(2,3)23-18(22)20-13-15(14-20)17-11-7-8-12-21(17)16-9-5-4-6-10-16/h4-6,9-10,15,17H,7-8,11-14H2,1-3H3. The molecule has 4 heteroatoms. The summed E-state index contributed by atoms with van der Waals surface area (Å²) in [5, 5.41) is 0. The molecule has 2 aliphatic heterocycles. The molecule has 23 heavy (non-hydrogen) atoms. The largest absolute Gasteiger partial charge is 0.444 e. The number of hydrogen-bond donors (Lipinski definition) is 0. The van der Waals surface area contributed by atoms with Crippen LogP contribution in [0.2, 0.25) is 0 Å². The predicted molar refractivity (Wildman–Crippen MR) is 92.7 cm³/mol. The zero-order valence-corrected chi connectivity index (χ0v) is 14.5. The third kappa shape index (κ3) is 3.80. The Kier molecular flexibility index (Phi) is 4.51. The molecule has 0 N–H and O–H groups in total. The van der Waals surface area contributed by atoms with Gasteiger partial charge in [-0.2, -0.15) is 0 Å². The summed E-state index contributed by atoms with van der Waals surface area (Å²) in [5.41, 5.74) is 0.899. The summed E-state index contributed by atoms with van der Waals surface area (Å²) in [6.07, 6.45) is 3.60. The number of rotatable bonds is 2. The molecule has 0 radical (unpaired) electrons. The highest BCUT2D eigenvalue weighted by Crippen LogP contribution is 2.33. The van der Waals surface area contributed by atoms with Crippen molar-refractivity contribution in [1.29, 1.82) is 0 Å². The van der Waals surface area contributed by atoms with Crippen molar-refractivity contribution in [3.63, 3.8) is 0 Å². The van der Waals surface area contributed by atoms with Gasteiger partial charge in [-0.3, -0.25) is 0 Å². The lowest BCUT2D eigenvalue weighted by Crippen LogP contribution is -2.60. The minimum Gasteiger partial charge on any atom is -0.444 e. The van der Waals surface area contributed by atoms with Gasteiger partial charge in [-0.05, 0) is 52.2 Å². The van der Waals surface area contributed by atoms with Crippen LogP contribution in [0.5, 0.6) is 0 Å². The maximum absolute atomic E-state index is 12.1. The van der Waals surface area contributed by atoms with E-state index in [2.05, 4.69) is 35.2 Å². The van der Waals surface area contributed by atoms with Gasteiger partial charge < -0.3 is 14.5 Å². The summed E-state index contributed by atoms with van der Waals surface area (Å²) in [5.74, 6) is 0.558. The molecule has 1 aromatic rings. The van der Waals surface area contributed by atoms with Crippen molar-refractivity contribution in [3.05, 3.63) is 30.3 Å². The van der Waals surface area contributed by atoms with Gasteiger partial charge in [0.2, 0.25) is 0 Å². The molecule has 2 aliphatic rings. The molecule has 4 nitrogen and oxygen atoms in total. The number of piperidine rings is 1. The minimum atomic E-state index is -0.414. The molecule has 126 valence electrons. The van der Waals surface area contributed by atoms with Crippen LogP contribution in [0.1, 0.15) is 40.0 Å². The molecule has 1 aromatic carbocycles. The van der Waals surface area contributed by atoms with E-state index in [1.807, 2.05) is 25.7 Å². The molecule has 2 heterocycles. The highest BCUT2D eigenvalue weighted by atomic mass is 16.6. The average molecular weight is 316 g/mol. The normalized spacial score (nSPS) is 22.7.